The lowest BCUT2D eigenvalue weighted by molar-refractivity contribution is -0.130. The number of carbonyl (C=O) groups excluding carboxylic acids is 1. The minimum Gasteiger partial charge on any atom is -0.296 e. The largest absolute Gasteiger partial charge is 0.296 e. The summed E-state index contributed by atoms with van der Waals surface area (Å²) in [6.07, 6.45) is 4.60. The molecule has 0 spiro atoms. The predicted octanol–water partition coefficient (Wildman–Crippen LogP) is 2.83. The van der Waals surface area contributed by atoms with Crippen molar-refractivity contribution in [1.82, 2.24) is 0 Å². The summed E-state index contributed by atoms with van der Waals surface area (Å²) in [6.45, 7) is 4.17. The maximum absolute atomic E-state index is 12.2. The molecule has 0 aliphatic heterocycles. The average molecular weight is 218 g/mol. The van der Waals surface area contributed by atoms with Crippen LogP contribution in [0.2, 0.25) is 0 Å². The fourth-order valence-corrected chi connectivity index (χ4v) is 2.84. The summed E-state index contributed by atoms with van der Waals surface area (Å²) in [5.74, 6) is -0.777. The molecule has 3 nitrogen and oxygen atoms in total. The highest BCUT2D eigenvalue weighted by atomic mass is 16.1. The van der Waals surface area contributed by atoms with Gasteiger partial charge < -0.3 is 0 Å². The van der Waals surface area contributed by atoms with Crippen molar-refractivity contribution >= 4 is 5.78 Å². The number of hydrogen-bond acceptors (Lipinski definition) is 3. The first-order valence-corrected chi connectivity index (χ1v) is 5.89. The summed E-state index contributed by atoms with van der Waals surface area (Å²) in [5.41, 5.74) is -0.385. The number of nitriles is 2. The topological polar surface area (TPSA) is 64.7 Å². The minimum absolute atomic E-state index is 0.135. The number of nitrogens with zero attached hydrogens (tertiary/aromatic N) is 2. The van der Waals surface area contributed by atoms with E-state index >= 15 is 0 Å². The fraction of sp³-hybridized carbons (Fsp3) is 0.769. The van der Waals surface area contributed by atoms with Crippen LogP contribution in [0.3, 0.4) is 0 Å². The number of rotatable bonds is 4. The minimum atomic E-state index is -1.07. The lowest BCUT2D eigenvalue weighted by Gasteiger charge is -2.29. The zero-order valence-electron chi connectivity index (χ0n) is 9.99. The van der Waals surface area contributed by atoms with Crippen molar-refractivity contribution in [3.05, 3.63) is 0 Å². The summed E-state index contributed by atoms with van der Waals surface area (Å²) >= 11 is 0. The van der Waals surface area contributed by atoms with Crippen LogP contribution >= 0.6 is 0 Å². The predicted molar refractivity (Wildman–Crippen MR) is 60.1 cm³/mol. The van der Waals surface area contributed by atoms with Gasteiger partial charge in [-0.15, -0.1) is 0 Å². The molecule has 0 unspecified atom stereocenters. The number of hydrogen-bond donors (Lipinski definition) is 0. The van der Waals surface area contributed by atoms with Crippen LogP contribution in [-0.4, -0.2) is 5.78 Å². The first-order chi connectivity index (χ1) is 7.55. The van der Waals surface area contributed by atoms with Crippen molar-refractivity contribution in [3.63, 3.8) is 0 Å². The maximum atomic E-state index is 12.2. The Hall–Kier alpha value is -1.35. The van der Waals surface area contributed by atoms with Crippen molar-refractivity contribution < 1.29 is 4.79 Å². The molecule has 0 aromatic carbocycles. The van der Waals surface area contributed by atoms with Crippen LogP contribution in [0.25, 0.3) is 0 Å². The third kappa shape index (κ3) is 2.42. The molecular formula is C13H18N2O. The van der Waals surface area contributed by atoms with Crippen molar-refractivity contribution in [1.29, 1.82) is 10.5 Å². The molecule has 0 atom stereocenters. The van der Waals surface area contributed by atoms with Crippen LogP contribution in [0.4, 0.5) is 0 Å². The van der Waals surface area contributed by atoms with Crippen molar-refractivity contribution in [2.24, 2.45) is 17.3 Å². The molecule has 16 heavy (non-hydrogen) atoms. The van der Waals surface area contributed by atoms with Gasteiger partial charge in [0.15, 0.2) is 11.7 Å². The Balaban J connectivity index is 2.90. The standard InChI is InChI=1S/C13H18N2O/c1-10(2)7-13(5-3-4-6-13)12(16)11(8-14)9-15/h10-11H,3-7H2,1-2H3. The molecule has 1 saturated carbocycles. The van der Waals surface area contributed by atoms with Crippen LogP contribution in [0, 0.1) is 39.9 Å². The fourth-order valence-electron chi connectivity index (χ4n) is 2.84. The smallest absolute Gasteiger partial charge is 0.191 e. The molecule has 1 rings (SSSR count). The second-order valence-electron chi connectivity index (χ2n) is 5.14. The van der Waals surface area contributed by atoms with Gasteiger partial charge in [0.25, 0.3) is 0 Å². The van der Waals surface area contributed by atoms with Gasteiger partial charge in [-0.3, -0.25) is 4.79 Å². The van der Waals surface area contributed by atoms with E-state index in [1.54, 1.807) is 0 Å². The molecule has 0 radical (unpaired) electrons. The van der Waals surface area contributed by atoms with Crippen molar-refractivity contribution in [2.45, 2.75) is 46.0 Å². The van der Waals surface area contributed by atoms with E-state index in [0.717, 1.165) is 32.1 Å². The van der Waals surface area contributed by atoms with E-state index in [-0.39, 0.29) is 11.2 Å². The first kappa shape index (κ1) is 12.7. The highest BCUT2D eigenvalue weighted by Gasteiger charge is 2.44. The molecular weight excluding hydrogens is 200 g/mol. The number of ketones is 1. The SMILES string of the molecule is CC(C)CC1(C(=O)C(C#N)C#N)CCCC1. The molecule has 0 aromatic heterocycles. The summed E-state index contributed by atoms with van der Waals surface area (Å²) in [5, 5.41) is 17.6. The molecule has 0 aromatic rings. The lowest BCUT2D eigenvalue weighted by Crippen LogP contribution is -2.34. The summed E-state index contributed by atoms with van der Waals surface area (Å²) < 4.78 is 0. The third-order valence-electron chi connectivity index (χ3n) is 3.40. The Kier molecular flexibility index (Phi) is 4.07. The quantitative estimate of drug-likeness (QED) is 0.728. The van der Waals surface area contributed by atoms with E-state index in [9.17, 15) is 4.79 Å². The van der Waals surface area contributed by atoms with E-state index in [4.69, 9.17) is 10.5 Å². The highest BCUT2D eigenvalue weighted by molar-refractivity contribution is 5.91. The second kappa shape index (κ2) is 5.12. The molecule has 1 aliphatic carbocycles. The molecule has 3 heteroatoms. The van der Waals surface area contributed by atoms with E-state index in [1.165, 1.54) is 0 Å². The molecule has 0 heterocycles. The van der Waals surface area contributed by atoms with Crippen LogP contribution < -0.4 is 0 Å². The Morgan fingerprint density at radius 2 is 1.75 bits per heavy atom. The first-order valence-electron chi connectivity index (χ1n) is 5.89. The molecule has 0 saturated heterocycles. The molecule has 1 fully saturated rings. The summed E-state index contributed by atoms with van der Waals surface area (Å²) in [4.78, 5) is 12.2. The van der Waals surface area contributed by atoms with Gasteiger partial charge >= 0.3 is 0 Å². The van der Waals surface area contributed by atoms with Gasteiger partial charge in [-0.05, 0) is 25.2 Å². The van der Waals surface area contributed by atoms with Gasteiger partial charge in [0.1, 0.15) is 0 Å². The van der Waals surface area contributed by atoms with Crippen LogP contribution in [0.15, 0.2) is 0 Å². The summed E-state index contributed by atoms with van der Waals surface area (Å²) in [7, 11) is 0. The second-order valence-corrected chi connectivity index (χ2v) is 5.14. The molecule has 1 aliphatic rings. The average Bonchev–Trinajstić information content (AvgIpc) is 2.68. The van der Waals surface area contributed by atoms with Crippen LogP contribution in [-0.2, 0) is 4.79 Å². The van der Waals surface area contributed by atoms with Crippen LogP contribution in [0.5, 0.6) is 0 Å². The van der Waals surface area contributed by atoms with Gasteiger partial charge in [0.05, 0.1) is 12.1 Å². The Bertz CT molecular complexity index is 326. The van der Waals surface area contributed by atoms with Gasteiger partial charge in [-0.1, -0.05) is 26.7 Å². The van der Waals surface area contributed by atoms with Gasteiger partial charge in [-0.25, -0.2) is 0 Å². The van der Waals surface area contributed by atoms with E-state index in [2.05, 4.69) is 13.8 Å². The van der Waals surface area contributed by atoms with Gasteiger partial charge in [0.2, 0.25) is 0 Å². The maximum Gasteiger partial charge on any atom is 0.191 e. The molecule has 0 amide bonds. The molecule has 0 N–H and O–H groups in total. The Morgan fingerprint density at radius 3 is 2.12 bits per heavy atom. The summed E-state index contributed by atoms with van der Waals surface area (Å²) in [6, 6.07) is 3.63. The highest BCUT2D eigenvalue weighted by Crippen LogP contribution is 2.45. The Labute approximate surface area is 97.1 Å². The van der Waals surface area contributed by atoms with E-state index in [1.807, 2.05) is 12.1 Å². The number of Topliss-reactive ketones (excluding diaryl/α,β-unsaturated/α-hetero) is 1. The van der Waals surface area contributed by atoms with Gasteiger partial charge in [0, 0.05) is 5.41 Å². The third-order valence-corrected chi connectivity index (χ3v) is 3.40. The molecule has 86 valence electrons. The van der Waals surface area contributed by atoms with Crippen LogP contribution in [0.1, 0.15) is 46.0 Å². The zero-order chi connectivity index (χ0) is 12.2. The number of carbonyl (C=O) groups is 1. The molecule has 0 bridgehead atoms. The van der Waals surface area contributed by atoms with Crippen molar-refractivity contribution in [2.75, 3.05) is 0 Å². The monoisotopic (exact) mass is 218 g/mol. The lowest BCUT2D eigenvalue weighted by atomic mass is 9.72. The van der Waals surface area contributed by atoms with E-state index < -0.39 is 5.92 Å². The Morgan fingerprint density at radius 1 is 1.25 bits per heavy atom. The normalized spacial score (nSPS) is 18.4. The van der Waals surface area contributed by atoms with Crippen molar-refractivity contribution in [3.8, 4) is 12.1 Å². The zero-order valence-corrected chi connectivity index (χ0v) is 9.99. The van der Waals surface area contributed by atoms with E-state index in [0.29, 0.717) is 5.92 Å². The van der Waals surface area contributed by atoms with Gasteiger partial charge in [-0.2, -0.15) is 10.5 Å².